The Morgan fingerprint density at radius 3 is 2.79 bits per heavy atom. The molecule has 0 fully saturated rings. The van der Waals surface area contributed by atoms with Gasteiger partial charge in [-0.25, -0.2) is 4.39 Å². The normalized spacial score (nSPS) is 15.5. The van der Waals surface area contributed by atoms with Gasteiger partial charge in [-0.05, 0) is 42.0 Å². The largest absolute Gasteiger partial charge is 0.495 e. The van der Waals surface area contributed by atoms with Crippen LogP contribution in [-0.2, 0) is 13.2 Å². The summed E-state index contributed by atoms with van der Waals surface area (Å²) in [5.74, 6) is 0.321. The average molecular weight is 394 g/mol. The fourth-order valence-electron chi connectivity index (χ4n) is 3.05. The van der Waals surface area contributed by atoms with Gasteiger partial charge >= 0.3 is 0 Å². The number of halogens is 1. The minimum atomic E-state index is -0.529. The second-order valence-corrected chi connectivity index (χ2v) is 6.62. The molecule has 0 N–H and O–H groups in total. The molecule has 0 saturated heterocycles. The summed E-state index contributed by atoms with van der Waals surface area (Å²) in [5.41, 5.74) is 2.31. The van der Waals surface area contributed by atoms with Crippen molar-refractivity contribution in [3.63, 3.8) is 0 Å². The summed E-state index contributed by atoms with van der Waals surface area (Å²) in [6, 6.07) is 6.25. The van der Waals surface area contributed by atoms with E-state index >= 15 is 0 Å². The third-order valence-corrected chi connectivity index (χ3v) is 4.74. The predicted molar refractivity (Wildman–Crippen MR) is 105 cm³/mol. The number of hydrogen-bond donors (Lipinski definition) is 0. The first-order chi connectivity index (χ1) is 14.0. The maximum Gasteiger partial charge on any atom is 0.260 e. The Morgan fingerprint density at radius 1 is 1.28 bits per heavy atom. The molecule has 0 saturated carbocycles. The lowest BCUT2D eigenvalue weighted by molar-refractivity contribution is 0.0864. The summed E-state index contributed by atoms with van der Waals surface area (Å²) in [6.07, 6.45) is 5.05. The van der Waals surface area contributed by atoms with Crippen molar-refractivity contribution in [1.29, 1.82) is 0 Å². The Morgan fingerprint density at radius 2 is 2.10 bits per heavy atom. The van der Waals surface area contributed by atoms with Crippen LogP contribution < -0.4 is 9.47 Å². The lowest BCUT2D eigenvalue weighted by Crippen LogP contribution is -2.33. The number of allylic oxidation sites excluding steroid dienone is 1. The summed E-state index contributed by atoms with van der Waals surface area (Å²) in [4.78, 5) is 18.5. The van der Waals surface area contributed by atoms with E-state index in [-0.39, 0.29) is 24.8 Å². The molecule has 1 amide bonds. The van der Waals surface area contributed by atoms with Crippen molar-refractivity contribution in [2.45, 2.75) is 13.2 Å². The summed E-state index contributed by atoms with van der Waals surface area (Å²) < 4.78 is 25.1. The number of carbonyl (C=O) groups excluding carboxylic acids is 1. The molecule has 8 heteroatoms. The summed E-state index contributed by atoms with van der Waals surface area (Å²) >= 11 is 0. The number of fused-ring (bicyclic) bond motifs is 1. The highest BCUT2D eigenvalue weighted by atomic mass is 19.1. The SMILES string of the molecule is C=C1C=CC(N2Cc3cc(F)c(OCc4ccc(OC)cn4)cc3C2=O)=NN1C. The lowest BCUT2D eigenvalue weighted by Gasteiger charge is -2.23. The molecule has 4 rings (SSSR count). The smallest absolute Gasteiger partial charge is 0.260 e. The molecular weight excluding hydrogens is 375 g/mol. The van der Waals surface area contributed by atoms with Crippen LogP contribution in [0.4, 0.5) is 4.39 Å². The monoisotopic (exact) mass is 394 g/mol. The van der Waals surface area contributed by atoms with Crippen LogP contribution in [0.2, 0.25) is 0 Å². The molecule has 148 valence electrons. The van der Waals surface area contributed by atoms with E-state index in [9.17, 15) is 9.18 Å². The van der Waals surface area contributed by atoms with Crippen LogP contribution in [0, 0.1) is 5.82 Å². The minimum absolute atomic E-state index is 0.00295. The van der Waals surface area contributed by atoms with Crippen molar-refractivity contribution in [1.82, 2.24) is 14.9 Å². The Balaban J connectivity index is 1.52. The van der Waals surface area contributed by atoms with E-state index in [2.05, 4.69) is 16.7 Å². The van der Waals surface area contributed by atoms with Gasteiger partial charge in [0.15, 0.2) is 17.4 Å². The molecular formula is C21H19FN4O3. The highest BCUT2D eigenvalue weighted by molar-refractivity contribution is 6.13. The fourth-order valence-corrected chi connectivity index (χ4v) is 3.05. The van der Waals surface area contributed by atoms with Crippen LogP contribution in [0.3, 0.4) is 0 Å². The minimum Gasteiger partial charge on any atom is -0.495 e. The molecule has 0 unspecified atom stereocenters. The van der Waals surface area contributed by atoms with Crippen molar-refractivity contribution >= 4 is 11.7 Å². The van der Waals surface area contributed by atoms with E-state index in [1.54, 1.807) is 49.6 Å². The van der Waals surface area contributed by atoms with Crippen LogP contribution in [0.5, 0.6) is 11.5 Å². The second kappa shape index (κ2) is 7.38. The molecule has 2 aromatic rings. The van der Waals surface area contributed by atoms with Crippen molar-refractivity contribution in [2.24, 2.45) is 5.10 Å². The fraction of sp³-hybridized carbons (Fsp3) is 0.190. The van der Waals surface area contributed by atoms with Crippen LogP contribution in [0.15, 0.2) is 60.0 Å². The molecule has 2 aliphatic rings. The predicted octanol–water partition coefficient (Wildman–Crippen LogP) is 3.09. The zero-order valence-electron chi connectivity index (χ0n) is 16.1. The number of amidine groups is 1. The van der Waals surface area contributed by atoms with Crippen molar-refractivity contribution in [3.05, 3.63) is 77.5 Å². The van der Waals surface area contributed by atoms with Gasteiger partial charge in [0.2, 0.25) is 0 Å². The number of rotatable bonds is 4. The molecule has 1 aromatic heterocycles. The Kier molecular flexibility index (Phi) is 4.75. The van der Waals surface area contributed by atoms with Gasteiger partial charge in [-0.15, -0.1) is 0 Å². The van der Waals surface area contributed by atoms with Crippen LogP contribution in [0.1, 0.15) is 21.6 Å². The van der Waals surface area contributed by atoms with Gasteiger partial charge in [0.1, 0.15) is 12.4 Å². The zero-order chi connectivity index (χ0) is 20.5. The van der Waals surface area contributed by atoms with Crippen LogP contribution in [0.25, 0.3) is 0 Å². The number of hydrogen-bond acceptors (Lipinski definition) is 6. The highest BCUT2D eigenvalue weighted by Gasteiger charge is 2.32. The van der Waals surface area contributed by atoms with Crippen LogP contribution >= 0.6 is 0 Å². The average Bonchev–Trinajstić information content (AvgIpc) is 3.04. The summed E-state index contributed by atoms with van der Waals surface area (Å²) in [5, 5.41) is 5.92. The van der Waals surface area contributed by atoms with E-state index in [0.717, 1.165) is 0 Å². The number of benzene rings is 1. The first-order valence-corrected chi connectivity index (χ1v) is 8.91. The van der Waals surface area contributed by atoms with Gasteiger partial charge in [-0.3, -0.25) is 19.7 Å². The van der Waals surface area contributed by atoms with Gasteiger partial charge in [0.25, 0.3) is 5.91 Å². The Labute approximate surface area is 167 Å². The highest BCUT2D eigenvalue weighted by Crippen LogP contribution is 2.31. The Bertz CT molecular complexity index is 1050. The number of methoxy groups -OCH3 is 1. The third kappa shape index (κ3) is 3.56. The number of hydrazone groups is 1. The first-order valence-electron chi connectivity index (χ1n) is 8.91. The molecule has 29 heavy (non-hydrogen) atoms. The summed E-state index contributed by atoms with van der Waals surface area (Å²) in [6.45, 7) is 4.16. The number of likely N-dealkylation sites (N-methyl/N-ethyl adjacent to an activating group) is 1. The zero-order valence-corrected chi connectivity index (χ0v) is 16.1. The number of pyridine rings is 1. The van der Waals surface area contributed by atoms with E-state index in [1.807, 2.05) is 0 Å². The first kappa shape index (κ1) is 18.7. The van der Waals surface area contributed by atoms with Gasteiger partial charge < -0.3 is 9.47 Å². The van der Waals surface area contributed by atoms with Gasteiger partial charge in [0, 0.05) is 12.6 Å². The molecule has 1 aromatic carbocycles. The van der Waals surface area contributed by atoms with E-state index < -0.39 is 5.82 Å². The molecule has 0 bridgehead atoms. The molecule has 0 aliphatic carbocycles. The topological polar surface area (TPSA) is 67.3 Å². The molecule has 0 spiro atoms. The van der Waals surface area contributed by atoms with Gasteiger partial charge in [-0.2, -0.15) is 5.10 Å². The number of nitrogens with zero attached hydrogens (tertiary/aromatic N) is 4. The van der Waals surface area contributed by atoms with Crippen molar-refractivity contribution in [2.75, 3.05) is 14.2 Å². The number of carbonyl (C=O) groups is 1. The van der Waals surface area contributed by atoms with Crippen LogP contribution in [-0.4, -0.2) is 40.8 Å². The number of amides is 1. The molecule has 7 nitrogen and oxygen atoms in total. The molecule has 0 radical (unpaired) electrons. The lowest BCUT2D eigenvalue weighted by atomic mass is 10.1. The van der Waals surface area contributed by atoms with E-state index in [0.29, 0.717) is 34.1 Å². The number of ether oxygens (including phenoxy) is 2. The quantitative estimate of drug-likeness (QED) is 0.797. The second-order valence-electron chi connectivity index (χ2n) is 6.62. The maximum absolute atomic E-state index is 14.5. The Hall–Kier alpha value is -3.68. The third-order valence-electron chi connectivity index (χ3n) is 4.74. The molecule has 2 aliphatic heterocycles. The maximum atomic E-state index is 14.5. The molecule has 0 atom stereocenters. The summed E-state index contributed by atoms with van der Waals surface area (Å²) in [7, 11) is 3.30. The molecule has 3 heterocycles. The van der Waals surface area contributed by atoms with Gasteiger partial charge in [0.05, 0.1) is 31.2 Å². The number of aromatic nitrogens is 1. The van der Waals surface area contributed by atoms with Crippen molar-refractivity contribution in [3.8, 4) is 11.5 Å². The van der Waals surface area contributed by atoms with E-state index in [1.165, 1.54) is 17.0 Å². The van der Waals surface area contributed by atoms with Gasteiger partial charge in [-0.1, -0.05) is 6.58 Å². The van der Waals surface area contributed by atoms with Crippen molar-refractivity contribution < 1.29 is 18.7 Å². The standard InChI is InChI=1S/C21H19FN4O3/c1-13-4-7-20(24-25(13)2)26-11-14-8-18(22)19(9-17(14)21(26)27)29-12-15-5-6-16(28-3)10-23-15/h4-10H,1,11-12H2,2-3H3. The van der Waals surface area contributed by atoms with E-state index in [4.69, 9.17) is 9.47 Å².